The molecule has 0 bridgehead atoms. The highest BCUT2D eigenvalue weighted by atomic mass is 32.1. The summed E-state index contributed by atoms with van der Waals surface area (Å²) in [6, 6.07) is 12.1. The molecule has 2 saturated heterocycles. The summed E-state index contributed by atoms with van der Waals surface area (Å²) in [5, 5.41) is 1.82. The van der Waals surface area contributed by atoms with Crippen molar-refractivity contribution in [2.24, 2.45) is 0 Å². The maximum absolute atomic E-state index is 6.12. The monoisotopic (exact) mass is 640 g/mol. The minimum absolute atomic E-state index is 0.558. The zero-order chi connectivity index (χ0) is 30.1. The second-order valence-electron chi connectivity index (χ2n) is 10.4. The molecule has 44 heavy (non-hydrogen) atoms. The maximum atomic E-state index is 6.12. The standard InChI is InChI=1S/C32H40N4O6S2/c1-3-39-27-21-23(5-7-25(27)41-19-13-35-9-15-37-16-10-35)29-33-31-32(43-29)34-30(44-31)24-6-8-26(28(22-24)40-4-2)42-20-14-36-11-17-38-18-12-36/h5-8,21-22H,3-4,9-20H2,1-2H3. The highest BCUT2D eigenvalue weighted by molar-refractivity contribution is 7.29. The van der Waals surface area contributed by atoms with Crippen LogP contribution in [-0.2, 0) is 9.47 Å². The van der Waals surface area contributed by atoms with Crippen LogP contribution < -0.4 is 18.9 Å². The molecule has 2 aromatic carbocycles. The summed E-state index contributed by atoms with van der Waals surface area (Å²) >= 11 is 3.16. The Hall–Kier alpha value is -3.00. The summed E-state index contributed by atoms with van der Waals surface area (Å²) in [6.07, 6.45) is 0. The molecule has 12 heteroatoms. The van der Waals surface area contributed by atoms with Gasteiger partial charge >= 0.3 is 0 Å². The van der Waals surface area contributed by atoms with Crippen molar-refractivity contribution in [2.75, 3.05) is 92.1 Å². The fourth-order valence-electron chi connectivity index (χ4n) is 5.17. The molecule has 10 nitrogen and oxygen atoms in total. The van der Waals surface area contributed by atoms with Gasteiger partial charge in [-0.2, -0.15) is 0 Å². The van der Waals surface area contributed by atoms with Gasteiger partial charge in [0.25, 0.3) is 0 Å². The van der Waals surface area contributed by atoms with E-state index in [0.29, 0.717) is 26.4 Å². The van der Waals surface area contributed by atoms with Gasteiger partial charge in [0.05, 0.1) is 39.6 Å². The Morgan fingerprint density at radius 1 is 0.614 bits per heavy atom. The molecule has 2 aromatic heterocycles. The minimum atomic E-state index is 0.558. The van der Waals surface area contributed by atoms with E-state index in [1.54, 1.807) is 22.7 Å². The molecule has 0 radical (unpaired) electrons. The molecule has 0 unspecified atom stereocenters. The highest BCUT2D eigenvalue weighted by Gasteiger charge is 2.18. The molecule has 0 amide bonds. The quantitative estimate of drug-likeness (QED) is 0.181. The van der Waals surface area contributed by atoms with Crippen LogP contribution in [0.4, 0.5) is 0 Å². The Labute approximate surface area is 266 Å². The largest absolute Gasteiger partial charge is 0.490 e. The summed E-state index contributed by atoms with van der Waals surface area (Å²) in [6.45, 7) is 14.9. The van der Waals surface area contributed by atoms with Crippen molar-refractivity contribution in [2.45, 2.75) is 13.8 Å². The van der Waals surface area contributed by atoms with Gasteiger partial charge in [-0.3, -0.25) is 9.80 Å². The zero-order valence-corrected chi connectivity index (χ0v) is 27.1. The van der Waals surface area contributed by atoms with Crippen LogP contribution in [0.5, 0.6) is 23.0 Å². The molecule has 0 aliphatic carbocycles. The molecule has 2 fully saturated rings. The molecule has 4 heterocycles. The predicted molar refractivity (Wildman–Crippen MR) is 174 cm³/mol. The van der Waals surface area contributed by atoms with Crippen molar-refractivity contribution in [3.8, 4) is 44.1 Å². The van der Waals surface area contributed by atoms with Crippen molar-refractivity contribution in [3.63, 3.8) is 0 Å². The van der Waals surface area contributed by atoms with E-state index in [9.17, 15) is 0 Å². The predicted octanol–water partition coefficient (Wildman–Crippen LogP) is 5.31. The Kier molecular flexibility index (Phi) is 10.8. The van der Waals surface area contributed by atoms with Crippen LogP contribution in [0.3, 0.4) is 0 Å². The third kappa shape index (κ3) is 7.79. The summed E-state index contributed by atoms with van der Waals surface area (Å²) < 4.78 is 35.0. The molecule has 4 aromatic rings. The van der Waals surface area contributed by atoms with Gasteiger partial charge in [0.1, 0.15) is 23.2 Å². The van der Waals surface area contributed by atoms with Crippen molar-refractivity contribution in [1.82, 2.24) is 19.8 Å². The number of hydrogen-bond acceptors (Lipinski definition) is 12. The van der Waals surface area contributed by atoms with Gasteiger partial charge in [-0.1, -0.05) is 22.7 Å². The number of fused-ring (bicyclic) bond motifs is 1. The van der Waals surface area contributed by atoms with Gasteiger partial charge in [0, 0.05) is 50.4 Å². The highest BCUT2D eigenvalue weighted by Crippen LogP contribution is 2.41. The van der Waals surface area contributed by atoms with Crippen molar-refractivity contribution >= 4 is 32.3 Å². The fourth-order valence-corrected chi connectivity index (χ4v) is 7.20. The van der Waals surface area contributed by atoms with Crippen molar-refractivity contribution < 1.29 is 28.4 Å². The first kappa shape index (κ1) is 31.0. The third-order valence-corrected chi connectivity index (χ3v) is 9.62. The van der Waals surface area contributed by atoms with Crippen LogP contribution in [0.25, 0.3) is 30.8 Å². The molecular weight excluding hydrogens is 601 g/mol. The van der Waals surface area contributed by atoms with E-state index in [4.69, 9.17) is 38.4 Å². The lowest BCUT2D eigenvalue weighted by atomic mass is 10.2. The van der Waals surface area contributed by atoms with E-state index < -0.39 is 0 Å². The Bertz CT molecular complexity index is 1360. The van der Waals surface area contributed by atoms with Gasteiger partial charge < -0.3 is 28.4 Å². The maximum Gasteiger partial charge on any atom is 0.161 e. The molecule has 0 atom stereocenters. The zero-order valence-electron chi connectivity index (χ0n) is 25.4. The third-order valence-electron chi connectivity index (χ3n) is 7.49. The lowest BCUT2D eigenvalue weighted by molar-refractivity contribution is 0.0320. The molecule has 2 aliphatic heterocycles. The van der Waals surface area contributed by atoms with Crippen LogP contribution in [0.2, 0.25) is 0 Å². The van der Waals surface area contributed by atoms with E-state index in [0.717, 1.165) is 119 Å². The lowest BCUT2D eigenvalue weighted by Gasteiger charge is -2.26. The van der Waals surface area contributed by atoms with E-state index in [2.05, 4.69) is 9.80 Å². The second kappa shape index (κ2) is 15.3. The number of nitrogens with zero attached hydrogens (tertiary/aromatic N) is 4. The second-order valence-corrected chi connectivity index (χ2v) is 12.4. The van der Waals surface area contributed by atoms with Crippen LogP contribution in [-0.4, -0.2) is 112 Å². The summed E-state index contributed by atoms with van der Waals surface area (Å²) in [4.78, 5) is 16.4. The van der Waals surface area contributed by atoms with Gasteiger partial charge in [0.15, 0.2) is 32.7 Å². The van der Waals surface area contributed by atoms with Crippen molar-refractivity contribution in [1.29, 1.82) is 0 Å². The molecule has 236 valence electrons. The van der Waals surface area contributed by atoms with E-state index in [1.165, 1.54) is 0 Å². The van der Waals surface area contributed by atoms with Gasteiger partial charge in [0.2, 0.25) is 0 Å². The number of thiazole rings is 2. The Morgan fingerprint density at radius 2 is 1.05 bits per heavy atom. The normalized spacial score (nSPS) is 16.3. The number of aromatic nitrogens is 2. The minimum Gasteiger partial charge on any atom is -0.490 e. The van der Waals surface area contributed by atoms with E-state index in [-0.39, 0.29) is 0 Å². The van der Waals surface area contributed by atoms with E-state index in [1.807, 2.05) is 50.2 Å². The first-order valence-corrected chi connectivity index (χ1v) is 17.0. The SMILES string of the molecule is CCOc1cc(-c2nc3sc(-c4ccc(OCCN5CCOCC5)c(OCC)c4)nc3s2)ccc1OCCN1CCOCC1. The van der Waals surface area contributed by atoms with E-state index >= 15 is 0 Å². The first-order valence-electron chi connectivity index (χ1n) is 15.4. The van der Waals surface area contributed by atoms with Gasteiger partial charge in [-0.25, -0.2) is 9.97 Å². The van der Waals surface area contributed by atoms with Crippen LogP contribution in [0, 0.1) is 0 Å². The number of rotatable bonds is 14. The Balaban J connectivity index is 1.12. The van der Waals surface area contributed by atoms with Crippen molar-refractivity contribution in [3.05, 3.63) is 36.4 Å². The average molecular weight is 641 g/mol. The van der Waals surface area contributed by atoms with Crippen LogP contribution in [0.1, 0.15) is 13.8 Å². The fraction of sp³-hybridized carbons (Fsp3) is 0.500. The van der Waals surface area contributed by atoms with Gasteiger partial charge in [-0.15, -0.1) is 0 Å². The first-order chi connectivity index (χ1) is 21.7. The summed E-state index contributed by atoms with van der Waals surface area (Å²) in [7, 11) is 0. The number of morpholine rings is 2. The number of benzene rings is 2. The smallest absolute Gasteiger partial charge is 0.161 e. The van der Waals surface area contributed by atoms with Crippen LogP contribution >= 0.6 is 22.7 Å². The summed E-state index contributed by atoms with van der Waals surface area (Å²) in [5.41, 5.74) is 1.98. The van der Waals surface area contributed by atoms with Gasteiger partial charge in [-0.05, 0) is 50.2 Å². The molecule has 0 spiro atoms. The Morgan fingerprint density at radius 3 is 1.45 bits per heavy atom. The number of ether oxygens (including phenoxy) is 6. The summed E-state index contributed by atoms with van der Waals surface area (Å²) in [5.74, 6) is 2.97. The topological polar surface area (TPSA) is 87.6 Å². The molecule has 2 aliphatic rings. The molecular formula is C32H40N4O6S2. The van der Waals surface area contributed by atoms with Crippen LogP contribution in [0.15, 0.2) is 36.4 Å². The average Bonchev–Trinajstić information content (AvgIpc) is 3.64. The molecule has 0 saturated carbocycles. The lowest BCUT2D eigenvalue weighted by Crippen LogP contribution is -2.38. The molecule has 0 N–H and O–H groups in total. The molecule has 6 rings (SSSR count). The number of hydrogen-bond donors (Lipinski definition) is 0.